The number of carbonyl (C=O) groups is 1. The molecule has 0 saturated carbocycles. The summed E-state index contributed by atoms with van der Waals surface area (Å²) in [6.45, 7) is 1.94. The average Bonchev–Trinajstić information content (AvgIpc) is 2.28. The number of hydrogen-bond donors (Lipinski definition) is 0. The minimum atomic E-state index is -0.611. The van der Waals surface area contributed by atoms with Gasteiger partial charge in [-0.3, -0.25) is 0 Å². The molecule has 1 aromatic rings. The number of benzene rings is 1. The van der Waals surface area contributed by atoms with E-state index in [4.69, 9.17) is 21.6 Å². The van der Waals surface area contributed by atoms with Crippen molar-refractivity contribution in [2.75, 3.05) is 6.61 Å². The molecule has 3 nitrogen and oxygen atoms in total. The molecule has 0 aliphatic rings. The van der Waals surface area contributed by atoms with Crippen molar-refractivity contribution in [1.82, 2.24) is 0 Å². The number of nitrogens with zero attached hydrogens (tertiary/aromatic N) is 1. The van der Waals surface area contributed by atoms with Gasteiger partial charge in [-0.15, -0.1) is 0 Å². The second kappa shape index (κ2) is 5.94. The molecule has 4 heteroatoms. The van der Waals surface area contributed by atoms with Crippen molar-refractivity contribution in [2.45, 2.75) is 6.92 Å². The van der Waals surface area contributed by atoms with Gasteiger partial charge in [0, 0.05) is 5.02 Å². The van der Waals surface area contributed by atoms with Crippen LogP contribution in [0.5, 0.6) is 0 Å². The zero-order valence-electron chi connectivity index (χ0n) is 8.74. The lowest BCUT2D eigenvalue weighted by atomic mass is 10.1. The minimum absolute atomic E-state index is 0.0239. The van der Waals surface area contributed by atoms with Crippen LogP contribution in [0.3, 0.4) is 0 Å². The van der Waals surface area contributed by atoms with E-state index >= 15 is 0 Å². The number of ether oxygens (including phenoxy) is 1. The predicted molar refractivity (Wildman–Crippen MR) is 61.7 cm³/mol. The molecule has 0 radical (unpaired) electrons. The summed E-state index contributed by atoms with van der Waals surface area (Å²) in [7, 11) is 0. The van der Waals surface area contributed by atoms with Gasteiger partial charge in [-0.2, -0.15) is 5.26 Å². The van der Waals surface area contributed by atoms with Crippen molar-refractivity contribution in [3.05, 3.63) is 40.4 Å². The van der Waals surface area contributed by atoms with Crippen LogP contribution in [0.25, 0.3) is 6.08 Å². The summed E-state index contributed by atoms with van der Waals surface area (Å²) in [6.07, 6.45) is 1.47. The van der Waals surface area contributed by atoms with E-state index in [1.165, 1.54) is 6.08 Å². The first-order chi connectivity index (χ1) is 7.67. The molecule has 1 rings (SSSR count). The monoisotopic (exact) mass is 235 g/mol. The standard InChI is InChI=1S/C12H10ClNO2/c1-2-16-12(15)10(8-14)7-9-3-5-11(13)6-4-9/h3-7H,2H2,1H3. The third-order valence-corrected chi connectivity index (χ3v) is 2.05. The van der Waals surface area contributed by atoms with E-state index in [2.05, 4.69) is 0 Å². The van der Waals surface area contributed by atoms with Gasteiger partial charge >= 0.3 is 5.97 Å². The maximum absolute atomic E-state index is 11.3. The Balaban J connectivity index is 2.92. The molecule has 0 aromatic heterocycles. The lowest BCUT2D eigenvalue weighted by Crippen LogP contribution is -2.05. The number of halogens is 1. The van der Waals surface area contributed by atoms with Gasteiger partial charge in [-0.25, -0.2) is 4.79 Å². The summed E-state index contributed by atoms with van der Waals surface area (Å²) < 4.78 is 4.74. The van der Waals surface area contributed by atoms with Gasteiger partial charge in [0.2, 0.25) is 0 Å². The molecule has 0 heterocycles. The Morgan fingerprint density at radius 2 is 2.12 bits per heavy atom. The summed E-state index contributed by atoms with van der Waals surface area (Å²) in [6, 6.07) is 8.62. The Morgan fingerprint density at radius 1 is 1.50 bits per heavy atom. The maximum Gasteiger partial charge on any atom is 0.348 e. The van der Waals surface area contributed by atoms with Crippen LogP contribution in [0.4, 0.5) is 0 Å². The summed E-state index contributed by atoms with van der Waals surface area (Å²) in [4.78, 5) is 11.3. The molecule has 0 bridgehead atoms. The molecule has 0 spiro atoms. The van der Waals surface area contributed by atoms with Gasteiger partial charge in [-0.05, 0) is 30.7 Å². The fourth-order valence-corrected chi connectivity index (χ4v) is 1.20. The van der Waals surface area contributed by atoms with E-state index in [-0.39, 0.29) is 12.2 Å². The highest BCUT2D eigenvalue weighted by atomic mass is 35.5. The summed E-state index contributed by atoms with van der Waals surface area (Å²) in [5.41, 5.74) is 0.707. The Hall–Kier alpha value is -1.79. The van der Waals surface area contributed by atoms with Crippen LogP contribution in [0, 0.1) is 11.3 Å². The molecule has 0 aliphatic carbocycles. The highest BCUT2D eigenvalue weighted by molar-refractivity contribution is 6.30. The van der Waals surface area contributed by atoms with Crippen molar-refractivity contribution in [1.29, 1.82) is 5.26 Å². The average molecular weight is 236 g/mol. The number of esters is 1. The molecule has 1 aromatic carbocycles. The molecule has 0 unspecified atom stereocenters. The van der Waals surface area contributed by atoms with Crippen molar-refractivity contribution in [2.24, 2.45) is 0 Å². The van der Waals surface area contributed by atoms with Crippen molar-refractivity contribution in [3.63, 3.8) is 0 Å². The van der Waals surface area contributed by atoms with Crippen molar-refractivity contribution >= 4 is 23.6 Å². The largest absolute Gasteiger partial charge is 0.462 e. The van der Waals surface area contributed by atoms with E-state index in [9.17, 15) is 4.79 Å². The second-order valence-corrected chi connectivity index (χ2v) is 3.38. The molecule has 0 saturated heterocycles. The third-order valence-electron chi connectivity index (χ3n) is 1.80. The van der Waals surface area contributed by atoms with Crippen LogP contribution < -0.4 is 0 Å². The van der Waals surface area contributed by atoms with Crippen LogP contribution >= 0.6 is 11.6 Å². The first-order valence-corrected chi connectivity index (χ1v) is 5.09. The topological polar surface area (TPSA) is 50.1 Å². The van der Waals surface area contributed by atoms with Gasteiger partial charge in [-0.1, -0.05) is 23.7 Å². The molecule has 82 valence electrons. The number of nitriles is 1. The van der Waals surface area contributed by atoms with Crippen LogP contribution in [-0.2, 0) is 9.53 Å². The predicted octanol–water partition coefficient (Wildman–Crippen LogP) is 2.81. The zero-order valence-corrected chi connectivity index (χ0v) is 9.49. The highest BCUT2D eigenvalue weighted by Gasteiger charge is 2.09. The third kappa shape index (κ3) is 3.41. The SMILES string of the molecule is CCOC(=O)C(C#N)=Cc1ccc(Cl)cc1. The van der Waals surface area contributed by atoms with E-state index < -0.39 is 5.97 Å². The maximum atomic E-state index is 11.3. The van der Waals surface area contributed by atoms with Gasteiger partial charge in [0.15, 0.2) is 0 Å². The van der Waals surface area contributed by atoms with E-state index in [1.807, 2.05) is 0 Å². The quantitative estimate of drug-likeness (QED) is 0.460. The lowest BCUT2D eigenvalue weighted by Gasteiger charge is -1.99. The first-order valence-electron chi connectivity index (χ1n) is 4.72. The molecule has 0 fully saturated rings. The van der Waals surface area contributed by atoms with Gasteiger partial charge < -0.3 is 4.74 Å². The van der Waals surface area contributed by atoms with Gasteiger partial charge in [0.1, 0.15) is 11.6 Å². The minimum Gasteiger partial charge on any atom is -0.462 e. The number of carbonyl (C=O) groups excluding carboxylic acids is 1. The van der Waals surface area contributed by atoms with Gasteiger partial charge in [0.05, 0.1) is 6.61 Å². The normalized spacial score (nSPS) is 10.7. The van der Waals surface area contributed by atoms with Crippen LogP contribution in [0.2, 0.25) is 5.02 Å². The Bertz CT molecular complexity index is 443. The zero-order chi connectivity index (χ0) is 12.0. The molecular formula is C12H10ClNO2. The number of hydrogen-bond acceptors (Lipinski definition) is 3. The number of rotatable bonds is 3. The molecule has 0 N–H and O–H groups in total. The molecule has 0 amide bonds. The summed E-state index contributed by atoms with van der Waals surface area (Å²) in [5, 5.41) is 9.40. The van der Waals surface area contributed by atoms with Crippen LogP contribution in [0.1, 0.15) is 12.5 Å². The van der Waals surface area contributed by atoms with Gasteiger partial charge in [0.25, 0.3) is 0 Å². The lowest BCUT2D eigenvalue weighted by molar-refractivity contribution is -0.137. The summed E-state index contributed by atoms with van der Waals surface area (Å²) >= 11 is 5.72. The summed E-state index contributed by atoms with van der Waals surface area (Å²) in [5.74, 6) is -0.611. The fourth-order valence-electron chi connectivity index (χ4n) is 1.07. The van der Waals surface area contributed by atoms with Crippen molar-refractivity contribution in [3.8, 4) is 6.07 Å². The molecule has 0 aliphatic heterocycles. The van der Waals surface area contributed by atoms with E-state index in [1.54, 1.807) is 37.3 Å². The molecule has 0 atom stereocenters. The molecule has 16 heavy (non-hydrogen) atoms. The fraction of sp³-hybridized carbons (Fsp3) is 0.167. The molecular weight excluding hydrogens is 226 g/mol. The second-order valence-electron chi connectivity index (χ2n) is 2.94. The Labute approximate surface area is 98.9 Å². The van der Waals surface area contributed by atoms with E-state index in [0.717, 1.165) is 5.56 Å². The first kappa shape index (κ1) is 12.3. The highest BCUT2D eigenvalue weighted by Crippen LogP contribution is 2.12. The Kier molecular flexibility index (Phi) is 4.56. The van der Waals surface area contributed by atoms with Crippen LogP contribution in [-0.4, -0.2) is 12.6 Å². The Morgan fingerprint density at radius 3 is 2.62 bits per heavy atom. The van der Waals surface area contributed by atoms with Crippen LogP contribution in [0.15, 0.2) is 29.8 Å². The smallest absolute Gasteiger partial charge is 0.348 e. The van der Waals surface area contributed by atoms with Crippen molar-refractivity contribution < 1.29 is 9.53 Å². The van der Waals surface area contributed by atoms with E-state index in [0.29, 0.717) is 5.02 Å².